The molecule has 32 heavy (non-hydrogen) atoms. The Bertz CT molecular complexity index is 1210. The molecule has 1 saturated heterocycles. The molecule has 0 bridgehead atoms. The Balaban J connectivity index is 1.60. The molecule has 1 fully saturated rings. The second kappa shape index (κ2) is 9.62. The minimum atomic E-state index is -3.60. The van der Waals surface area contributed by atoms with Crippen LogP contribution in [0.25, 0.3) is 5.69 Å². The number of hydrogen-bond donors (Lipinski definition) is 0. The fourth-order valence-electron chi connectivity index (χ4n) is 3.90. The normalized spacial score (nSPS) is 15.1. The number of morpholine rings is 1. The van der Waals surface area contributed by atoms with Gasteiger partial charge in [-0.15, -0.1) is 11.8 Å². The van der Waals surface area contributed by atoms with Crippen LogP contribution in [-0.4, -0.2) is 55.1 Å². The Morgan fingerprint density at radius 1 is 1.00 bits per heavy atom. The first-order chi connectivity index (χ1) is 15.4. The fourth-order valence-corrected chi connectivity index (χ4v) is 6.16. The van der Waals surface area contributed by atoms with Gasteiger partial charge in [0.15, 0.2) is 5.78 Å². The van der Waals surface area contributed by atoms with E-state index in [1.54, 1.807) is 18.2 Å². The number of hydrogen-bond acceptors (Lipinski definition) is 5. The van der Waals surface area contributed by atoms with Crippen molar-refractivity contribution in [2.75, 3.05) is 32.1 Å². The third kappa shape index (κ3) is 4.68. The first-order valence-electron chi connectivity index (χ1n) is 10.5. The van der Waals surface area contributed by atoms with Gasteiger partial charge >= 0.3 is 0 Å². The van der Waals surface area contributed by atoms with Crippen molar-refractivity contribution < 1.29 is 17.9 Å². The number of benzene rings is 2. The van der Waals surface area contributed by atoms with Gasteiger partial charge in [-0.2, -0.15) is 4.31 Å². The van der Waals surface area contributed by atoms with E-state index in [4.69, 9.17) is 4.74 Å². The highest BCUT2D eigenvalue weighted by molar-refractivity contribution is 8.00. The number of rotatable bonds is 7. The summed E-state index contributed by atoms with van der Waals surface area (Å²) in [5.74, 6) is 0.398. The molecule has 0 spiro atoms. The van der Waals surface area contributed by atoms with Crippen LogP contribution < -0.4 is 0 Å². The number of ketones is 1. The fraction of sp³-hybridized carbons (Fsp3) is 0.292. The Hall–Kier alpha value is -2.39. The van der Waals surface area contributed by atoms with E-state index in [1.165, 1.54) is 16.1 Å². The maximum Gasteiger partial charge on any atom is 0.243 e. The number of nitrogens with zero attached hydrogens (tertiary/aromatic N) is 2. The Labute approximate surface area is 193 Å². The molecule has 4 rings (SSSR count). The number of carbonyl (C=O) groups is 1. The minimum absolute atomic E-state index is 0.0512. The number of ether oxygens (including phenoxy) is 1. The van der Waals surface area contributed by atoms with Crippen molar-refractivity contribution in [3.63, 3.8) is 0 Å². The van der Waals surface area contributed by atoms with Gasteiger partial charge < -0.3 is 9.30 Å². The van der Waals surface area contributed by atoms with Gasteiger partial charge in [-0.1, -0.05) is 24.3 Å². The van der Waals surface area contributed by atoms with Gasteiger partial charge in [0.25, 0.3) is 0 Å². The van der Waals surface area contributed by atoms with Crippen LogP contribution in [0.1, 0.15) is 21.7 Å². The van der Waals surface area contributed by atoms with E-state index in [-0.39, 0.29) is 10.7 Å². The highest BCUT2D eigenvalue weighted by atomic mass is 32.2. The third-order valence-corrected chi connectivity index (χ3v) is 8.43. The van der Waals surface area contributed by atoms with E-state index in [0.717, 1.165) is 22.0 Å². The maximum atomic E-state index is 13.1. The summed E-state index contributed by atoms with van der Waals surface area (Å²) in [7, 11) is -3.60. The molecule has 1 aromatic heterocycles. The van der Waals surface area contributed by atoms with Gasteiger partial charge in [0, 0.05) is 40.6 Å². The number of Topliss-reactive ketones (excluding diaryl/α,β-unsaturated/α-hetero) is 1. The van der Waals surface area contributed by atoms with E-state index < -0.39 is 10.0 Å². The van der Waals surface area contributed by atoms with Gasteiger partial charge in [-0.25, -0.2) is 8.42 Å². The molecule has 0 atom stereocenters. The van der Waals surface area contributed by atoms with E-state index in [0.29, 0.717) is 37.6 Å². The van der Waals surface area contributed by atoms with Crippen LogP contribution in [0.4, 0.5) is 0 Å². The number of sulfonamides is 1. The van der Waals surface area contributed by atoms with E-state index in [2.05, 4.69) is 0 Å². The number of thioether (sulfide) groups is 1. The minimum Gasteiger partial charge on any atom is -0.379 e. The quantitative estimate of drug-likeness (QED) is 0.384. The summed E-state index contributed by atoms with van der Waals surface area (Å²) in [6.07, 6.45) is 0. The van der Waals surface area contributed by atoms with E-state index >= 15 is 0 Å². The van der Waals surface area contributed by atoms with Crippen LogP contribution >= 0.6 is 11.8 Å². The van der Waals surface area contributed by atoms with Crippen LogP contribution in [0.15, 0.2) is 70.5 Å². The van der Waals surface area contributed by atoms with E-state index in [9.17, 15) is 13.2 Å². The van der Waals surface area contributed by atoms with Gasteiger partial charge in [-0.05, 0) is 50.2 Å². The number of carbonyl (C=O) groups excluding carboxylic acids is 1. The molecule has 168 valence electrons. The van der Waals surface area contributed by atoms with Gasteiger partial charge in [0.2, 0.25) is 10.0 Å². The third-order valence-electron chi connectivity index (χ3n) is 5.53. The summed E-state index contributed by atoms with van der Waals surface area (Å²) in [6, 6.07) is 18.6. The molecule has 0 radical (unpaired) electrons. The highest BCUT2D eigenvalue weighted by Gasteiger charge is 2.27. The summed E-state index contributed by atoms with van der Waals surface area (Å²) in [4.78, 5) is 14.2. The smallest absolute Gasteiger partial charge is 0.243 e. The molecule has 0 saturated carbocycles. The maximum absolute atomic E-state index is 13.1. The van der Waals surface area contributed by atoms with Gasteiger partial charge in [0.05, 0.1) is 23.9 Å². The van der Waals surface area contributed by atoms with Crippen LogP contribution in [0, 0.1) is 13.8 Å². The van der Waals surface area contributed by atoms with Gasteiger partial charge in [0.1, 0.15) is 0 Å². The topological polar surface area (TPSA) is 68.6 Å². The predicted molar refractivity (Wildman–Crippen MR) is 126 cm³/mol. The van der Waals surface area contributed by atoms with Crippen LogP contribution in [0.5, 0.6) is 0 Å². The van der Waals surface area contributed by atoms with Crippen LogP contribution in [-0.2, 0) is 14.8 Å². The Morgan fingerprint density at radius 3 is 2.44 bits per heavy atom. The van der Waals surface area contributed by atoms with Crippen molar-refractivity contribution in [3.8, 4) is 5.69 Å². The molecule has 1 aliphatic rings. The monoisotopic (exact) mass is 470 g/mol. The molecule has 6 nitrogen and oxygen atoms in total. The largest absolute Gasteiger partial charge is 0.379 e. The predicted octanol–water partition coefficient (Wildman–Crippen LogP) is 4.09. The molecule has 3 aromatic rings. The average molecular weight is 471 g/mol. The van der Waals surface area contributed by atoms with E-state index in [1.807, 2.05) is 60.9 Å². The van der Waals surface area contributed by atoms with Crippen molar-refractivity contribution in [1.82, 2.24) is 8.87 Å². The van der Waals surface area contributed by atoms with Crippen LogP contribution in [0.2, 0.25) is 0 Å². The SMILES string of the molecule is Cc1cc(C(=O)CSc2ccccc2)c(C)n1-c1cccc(S(=O)(=O)N2CCOCC2)c1. The summed E-state index contributed by atoms with van der Waals surface area (Å²) in [5, 5.41) is 0. The molecule has 0 N–H and O–H groups in total. The summed E-state index contributed by atoms with van der Waals surface area (Å²) in [6.45, 7) is 5.34. The second-order valence-electron chi connectivity index (χ2n) is 7.66. The van der Waals surface area contributed by atoms with Gasteiger partial charge in [-0.3, -0.25) is 4.79 Å². The Kier molecular flexibility index (Phi) is 6.85. The van der Waals surface area contributed by atoms with Crippen molar-refractivity contribution in [3.05, 3.63) is 77.6 Å². The lowest BCUT2D eigenvalue weighted by atomic mass is 10.2. The molecular formula is C24H26N2O4S2. The lowest BCUT2D eigenvalue weighted by Gasteiger charge is -2.26. The average Bonchev–Trinajstić information content (AvgIpc) is 3.12. The molecule has 2 aromatic carbocycles. The second-order valence-corrected chi connectivity index (χ2v) is 10.6. The van der Waals surface area contributed by atoms with Crippen LogP contribution in [0.3, 0.4) is 0 Å². The molecule has 1 aliphatic heterocycles. The first-order valence-corrected chi connectivity index (χ1v) is 12.9. The summed E-state index contributed by atoms with van der Waals surface area (Å²) in [5.41, 5.74) is 3.08. The van der Waals surface area contributed by atoms with Crippen molar-refractivity contribution >= 4 is 27.6 Å². The molecule has 8 heteroatoms. The number of aromatic nitrogens is 1. The highest BCUT2D eigenvalue weighted by Crippen LogP contribution is 2.26. The molecule has 0 aliphatic carbocycles. The standard InChI is InChI=1S/C24H26N2O4S2/c1-18-15-23(24(27)17-31-21-8-4-3-5-9-21)19(2)26(18)20-7-6-10-22(16-20)32(28,29)25-11-13-30-14-12-25/h3-10,15-16H,11-14,17H2,1-2H3. The molecule has 0 unspecified atom stereocenters. The first kappa shape index (κ1) is 22.8. The molecule has 0 amide bonds. The molecular weight excluding hydrogens is 444 g/mol. The van der Waals surface area contributed by atoms with Crippen molar-refractivity contribution in [2.45, 2.75) is 23.6 Å². The summed E-state index contributed by atoms with van der Waals surface area (Å²) >= 11 is 1.51. The zero-order valence-electron chi connectivity index (χ0n) is 18.2. The number of aryl methyl sites for hydroxylation is 1. The zero-order valence-corrected chi connectivity index (χ0v) is 19.8. The zero-order chi connectivity index (χ0) is 22.7. The van der Waals surface area contributed by atoms with Crippen molar-refractivity contribution in [2.24, 2.45) is 0 Å². The Morgan fingerprint density at radius 2 is 1.72 bits per heavy atom. The lowest BCUT2D eigenvalue weighted by molar-refractivity contribution is 0.0730. The summed E-state index contributed by atoms with van der Waals surface area (Å²) < 4.78 is 34.8. The molecule has 2 heterocycles. The van der Waals surface area contributed by atoms with Crippen molar-refractivity contribution in [1.29, 1.82) is 0 Å². The lowest BCUT2D eigenvalue weighted by Crippen LogP contribution is -2.40.